The lowest BCUT2D eigenvalue weighted by Gasteiger charge is -2.61. The van der Waals surface area contributed by atoms with Gasteiger partial charge in [0.2, 0.25) is 0 Å². The lowest BCUT2D eigenvalue weighted by Crippen LogP contribution is -2.57. The minimum Gasteiger partial charge on any atom is -0.459 e. The molecule has 0 aromatic rings. The molecule has 13 heteroatoms. The molecular formula is C66H104O13. The van der Waals surface area contributed by atoms with Crippen LogP contribution in [0.25, 0.3) is 0 Å². The van der Waals surface area contributed by atoms with E-state index in [0.29, 0.717) is 82.7 Å². The number of carbonyl (C=O) groups is 4. The zero-order valence-electron chi connectivity index (χ0n) is 49.2. The smallest absolute Gasteiger partial charge is 0.303 e. The second kappa shape index (κ2) is 21.5. The van der Waals surface area contributed by atoms with Crippen LogP contribution in [0.15, 0.2) is 12.2 Å². The Hall–Kier alpha value is -2.58. The maximum atomic E-state index is 11.8. The van der Waals surface area contributed by atoms with E-state index < -0.39 is 24.4 Å². The van der Waals surface area contributed by atoms with Gasteiger partial charge in [0.1, 0.15) is 24.4 Å². The Morgan fingerprint density at radius 1 is 0.430 bits per heavy atom. The fourth-order valence-electron chi connectivity index (χ4n) is 22.9. The zero-order chi connectivity index (χ0) is 55.8. The third-order valence-electron chi connectivity index (χ3n) is 26.8. The fraction of sp³-hybridized carbons (Fsp3) is 0.909. The van der Waals surface area contributed by atoms with E-state index in [0.717, 1.165) is 82.0 Å². The predicted octanol–water partition coefficient (Wildman–Crippen LogP) is 10.9. The predicted molar refractivity (Wildman–Crippen MR) is 298 cm³/mol. The average Bonchev–Trinajstić information content (AvgIpc) is 4.05. The molecule has 0 amide bonds. The average molecular weight is 1110 g/mol. The van der Waals surface area contributed by atoms with Gasteiger partial charge in [0.05, 0.1) is 36.6 Å². The van der Waals surface area contributed by atoms with Gasteiger partial charge < -0.3 is 44.1 Å². The van der Waals surface area contributed by atoms with Crippen LogP contribution in [0.3, 0.4) is 0 Å². The van der Waals surface area contributed by atoms with Crippen molar-refractivity contribution >= 4 is 23.9 Å². The van der Waals surface area contributed by atoms with Gasteiger partial charge in [-0.15, -0.1) is 0 Å². The van der Waals surface area contributed by atoms with E-state index in [4.69, 9.17) is 23.7 Å². The van der Waals surface area contributed by atoms with E-state index in [2.05, 4.69) is 53.7 Å². The van der Waals surface area contributed by atoms with Gasteiger partial charge in [-0.3, -0.25) is 19.2 Å². The van der Waals surface area contributed by atoms with Gasteiger partial charge in [-0.05, 0) is 228 Å². The molecule has 79 heavy (non-hydrogen) atoms. The van der Waals surface area contributed by atoms with Gasteiger partial charge in [-0.1, -0.05) is 61.1 Å². The number of hydrogen-bond acceptors (Lipinski definition) is 13. The number of ether oxygens (including phenoxy) is 5. The van der Waals surface area contributed by atoms with Crippen LogP contribution < -0.4 is 0 Å². The highest BCUT2D eigenvalue weighted by Gasteiger charge is 2.68. The minimum atomic E-state index is -0.594. The maximum Gasteiger partial charge on any atom is 0.303 e. The van der Waals surface area contributed by atoms with Crippen LogP contribution in [-0.2, 0) is 42.9 Å². The summed E-state index contributed by atoms with van der Waals surface area (Å²) >= 11 is 0. The van der Waals surface area contributed by atoms with Gasteiger partial charge in [0.15, 0.2) is 0 Å². The number of hydrogen-bond donors (Lipinski definition) is 4. The van der Waals surface area contributed by atoms with Crippen LogP contribution in [0.2, 0.25) is 0 Å². The monoisotopic (exact) mass is 1100 g/mol. The molecule has 13 nitrogen and oxygen atoms in total. The van der Waals surface area contributed by atoms with Crippen molar-refractivity contribution in [3.8, 4) is 0 Å². The number of fused-ring (bicyclic) bond motifs is 16. The number of carbonyl (C=O) groups excluding carboxylic acids is 4. The Labute approximate surface area is 473 Å². The van der Waals surface area contributed by atoms with E-state index >= 15 is 0 Å². The molecule has 11 saturated carbocycles. The summed E-state index contributed by atoms with van der Waals surface area (Å²) < 4.78 is 28.9. The van der Waals surface area contributed by atoms with Gasteiger partial charge in [0, 0.05) is 38.5 Å². The molecular weight excluding hydrogens is 1000 g/mol. The largest absolute Gasteiger partial charge is 0.459 e. The van der Waals surface area contributed by atoms with Crippen molar-refractivity contribution in [3.05, 3.63) is 12.2 Å². The number of aliphatic hydroxyl groups excluding tert-OH is 4. The molecule has 0 radical (unpaired) electrons. The minimum absolute atomic E-state index is 0. The summed E-state index contributed by atoms with van der Waals surface area (Å²) in [7, 11) is 0. The van der Waals surface area contributed by atoms with E-state index in [-0.39, 0.29) is 77.4 Å². The van der Waals surface area contributed by atoms with Gasteiger partial charge in [-0.2, -0.15) is 0 Å². The first-order valence-corrected chi connectivity index (χ1v) is 31.5. The maximum absolute atomic E-state index is 11.8. The molecule has 1 aliphatic heterocycles. The van der Waals surface area contributed by atoms with Crippen molar-refractivity contribution in [2.45, 2.75) is 273 Å². The number of rotatable bonds is 4. The highest BCUT2D eigenvalue weighted by atomic mass is 16.6. The number of allylic oxidation sites excluding steroid dienone is 2. The molecule has 28 atom stereocenters. The van der Waals surface area contributed by atoms with Crippen molar-refractivity contribution in [1.29, 1.82) is 0 Å². The Bertz CT molecular complexity index is 2320. The standard InChI is InChI=1S/C23H34O5.C23H34O4.C19H32O4.CH4/c1-12(24)26-19-10-17-15-6-5-14-9-18-20(28-18)11-23(14,4)16(15)7-8-22(17,3)21(19)27-13(2)25;1-14(24)26-20-13-19-17-9-8-16-7-5-6-11-22(16,3)18(17)10-12-23(19,4)21(20)27-15(2)25;1-18-6-5-12-11(13(18)8-15(21)17(18)23)4-3-10-7-14(20)16(22)9-19(10,12)2;/h14-21H,5-11H2,1-4H3;5-6,16-21H,7-13H2,1-4H3;10-17,20-23H,3-9H2,1-2H3;1H4/t14?,15?,16?,17?,18-,19+,20+,21-,22?,23?;16?,17?,18?,19?,20-,21+,22?,23?;10?,11?,12?,13?,14-,15+,16-,17-,18?,19?;/m010./s1. The first kappa shape index (κ1) is 59.6. The SMILES string of the molecule is C.CC(=O)O[C@@H]1CC2C3CCC4CC=CCC4(C)C3CCC2(C)[C@H]1OC(C)=O.CC(=O)O[C@@H]1CC2C3CCC4C[C@@H]5O[C@@H]5CC4(C)C3CCC2(C)[C@H]1OC(C)=O.CC12C[C@H](O)[C@@H](O)CC1CCC1C2CCC2(C)C1C[C@@H](O)[C@@H]2O. The molecule has 0 aromatic carbocycles. The van der Waals surface area contributed by atoms with Crippen molar-refractivity contribution in [2.24, 2.45) is 104 Å². The van der Waals surface area contributed by atoms with Gasteiger partial charge in [0.25, 0.3) is 0 Å². The Morgan fingerprint density at radius 2 is 0.873 bits per heavy atom. The molecule has 0 aromatic heterocycles. The molecule has 0 spiro atoms. The summed E-state index contributed by atoms with van der Waals surface area (Å²) in [6.07, 6.45) is 24.9. The summed E-state index contributed by atoms with van der Waals surface area (Å²) in [5.74, 6) is 6.15. The van der Waals surface area contributed by atoms with Crippen LogP contribution >= 0.6 is 0 Å². The summed E-state index contributed by atoms with van der Waals surface area (Å²) in [5.41, 5.74) is 0.551. The second-order valence-electron chi connectivity index (χ2n) is 30.3. The van der Waals surface area contributed by atoms with Crippen LogP contribution in [0.5, 0.6) is 0 Å². The van der Waals surface area contributed by atoms with Crippen molar-refractivity contribution < 1.29 is 63.3 Å². The van der Waals surface area contributed by atoms with Crippen molar-refractivity contribution in [1.82, 2.24) is 0 Å². The molecule has 18 unspecified atom stereocenters. The molecule has 12 aliphatic carbocycles. The van der Waals surface area contributed by atoms with Crippen LogP contribution in [-0.4, -0.2) is 105 Å². The summed E-state index contributed by atoms with van der Waals surface area (Å²) in [5, 5.41) is 41.1. The summed E-state index contributed by atoms with van der Waals surface area (Å²) in [4.78, 5) is 47.1. The summed E-state index contributed by atoms with van der Waals surface area (Å²) in [6.45, 7) is 19.9. The summed E-state index contributed by atoms with van der Waals surface area (Å²) in [6, 6.07) is 0. The van der Waals surface area contributed by atoms with Crippen molar-refractivity contribution in [3.63, 3.8) is 0 Å². The van der Waals surface area contributed by atoms with Gasteiger partial charge >= 0.3 is 23.9 Å². The molecule has 4 N–H and O–H groups in total. The molecule has 0 bridgehead atoms. The lowest BCUT2D eigenvalue weighted by atomic mass is 9.45. The molecule has 1 heterocycles. The first-order valence-electron chi connectivity index (χ1n) is 31.5. The van der Waals surface area contributed by atoms with Crippen LogP contribution in [0.4, 0.5) is 0 Å². The van der Waals surface area contributed by atoms with E-state index in [1.165, 1.54) is 91.9 Å². The third kappa shape index (κ3) is 9.92. The molecule has 13 aliphatic rings. The van der Waals surface area contributed by atoms with E-state index in [1.54, 1.807) is 0 Å². The Kier molecular flexibility index (Phi) is 16.2. The fourth-order valence-corrected chi connectivity index (χ4v) is 22.9. The zero-order valence-corrected chi connectivity index (χ0v) is 49.2. The molecule has 13 rings (SSSR count). The Morgan fingerprint density at radius 3 is 1.38 bits per heavy atom. The van der Waals surface area contributed by atoms with E-state index in [9.17, 15) is 39.6 Å². The molecule has 446 valence electrons. The molecule has 12 fully saturated rings. The third-order valence-corrected chi connectivity index (χ3v) is 26.8. The number of epoxide rings is 1. The lowest BCUT2D eigenvalue weighted by molar-refractivity contribution is -0.174. The van der Waals surface area contributed by atoms with Gasteiger partial charge in [-0.25, -0.2) is 0 Å². The van der Waals surface area contributed by atoms with Crippen LogP contribution in [0, 0.1) is 104 Å². The Balaban J connectivity index is 0.000000133. The number of esters is 4. The van der Waals surface area contributed by atoms with Crippen LogP contribution in [0.1, 0.15) is 212 Å². The van der Waals surface area contributed by atoms with Crippen molar-refractivity contribution in [2.75, 3.05) is 0 Å². The van der Waals surface area contributed by atoms with E-state index in [1.807, 2.05) is 0 Å². The highest BCUT2D eigenvalue weighted by molar-refractivity contribution is 5.68. The second-order valence-corrected chi connectivity index (χ2v) is 30.3. The molecule has 1 saturated heterocycles. The topological polar surface area (TPSA) is 199 Å². The normalized spacial score (nSPS) is 53.7. The quantitative estimate of drug-likeness (QED) is 0.0898. The number of aliphatic hydroxyl groups is 4. The highest BCUT2D eigenvalue weighted by Crippen LogP contribution is 2.71. The first-order chi connectivity index (χ1) is 36.7.